The van der Waals surface area contributed by atoms with Crippen molar-refractivity contribution in [2.75, 3.05) is 0 Å². The summed E-state index contributed by atoms with van der Waals surface area (Å²) in [5.41, 5.74) is 15.3. The zero-order chi connectivity index (χ0) is 36.3. The van der Waals surface area contributed by atoms with Gasteiger partial charge in [-0.05, 0) is 107 Å². The molecule has 1 atom stereocenters. The second kappa shape index (κ2) is 11.2. The van der Waals surface area contributed by atoms with Crippen molar-refractivity contribution >= 4 is 61.4 Å². The zero-order valence-electron chi connectivity index (χ0n) is 31.1. The predicted octanol–water partition coefficient (Wildman–Crippen LogP) is 12.6. The molecule has 0 amide bonds. The third-order valence-corrected chi connectivity index (χ3v) is 12.5. The van der Waals surface area contributed by atoms with Gasteiger partial charge in [-0.2, -0.15) is 0 Å². The Morgan fingerprint density at radius 2 is 1.30 bits per heavy atom. The van der Waals surface area contributed by atoms with Crippen LogP contribution < -0.4 is 5.32 Å². The van der Waals surface area contributed by atoms with Crippen molar-refractivity contribution in [3.63, 3.8) is 0 Å². The van der Waals surface area contributed by atoms with Gasteiger partial charge in [0.2, 0.25) is 0 Å². The van der Waals surface area contributed by atoms with E-state index >= 15 is 0 Å². The third kappa shape index (κ3) is 4.59. The normalized spacial score (nSPS) is 18.4. The van der Waals surface area contributed by atoms with Gasteiger partial charge in [-0.1, -0.05) is 107 Å². The summed E-state index contributed by atoms with van der Waals surface area (Å²) in [6.07, 6.45) is 6.83. The lowest BCUT2D eigenvalue weighted by Gasteiger charge is -2.42. The van der Waals surface area contributed by atoms with Crippen LogP contribution in [0.1, 0.15) is 80.0 Å². The molecule has 54 heavy (non-hydrogen) atoms. The van der Waals surface area contributed by atoms with Gasteiger partial charge in [-0.3, -0.25) is 0 Å². The lowest BCUT2D eigenvalue weighted by molar-refractivity contribution is 0.332. The van der Waals surface area contributed by atoms with Crippen molar-refractivity contribution in [2.24, 2.45) is 4.99 Å². The minimum absolute atomic E-state index is 0.0316. The first-order chi connectivity index (χ1) is 26.2. The molecule has 8 aromatic rings. The third-order valence-electron chi connectivity index (χ3n) is 12.5. The Morgan fingerprint density at radius 1 is 0.611 bits per heavy atom. The van der Waals surface area contributed by atoms with Crippen LogP contribution in [-0.4, -0.2) is 10.4 Å². The summed E-state index contributed by atoms with van der Waals surface area (Å²) in [5.74, 6) is 0.861. The van der Waals surface area contributed by atoms with Gasteiger partial charge in [0.15, 0.2) is 0 Å². The zero-order valence-corrected chi connectivity index (χ0v) is 31.1. The summed E-state index contributed by atoms with van der Waals surface area (Å²) in [4.78, 5) is 5.40. The van der Waals surface area contributed by atoms with Crippen LogP contribution in [-0.2, 0) is 10.8 Å². The van der Waals surface area contributed by atoms with E-state index in [4.69, 9.17) is 9.41 Å². The fraction of sp³-hybridized carbons (Fsp3) is 0.180. The van der Waals surface area contributed by atoms with E-state index in [1.54, 1.807) is 0 Å². The molecular formula is C50H41N3O. The molecule has 0 spiro atoms. The fourth-order valence-corrected chi connectivity index (χ4v) is 9.41. The molecule has 1 N–H and O–H groups in total. The van der Waals surface area contributed by atoms with Crippen LogP contribution >= 0.6 is 0 Å². The standard InChI is InChI=1S/C50H41N3O/c1-49(2)25-26-50(3,4)41-29-43-39(28-40(41)49)35-13-7-9-15-42(35)53(43)33-21-17-31(18-22-33)48-51-46(38-24-19-30-11-5-6-12-34(30)47(38)52-48)32-20-23-37-36-14-8-10-16-44(36)54-45(37)27-32/h5-24,27-29,47H,25-26H2,1-4H3,(H,51,52). The van der Waals surface area contributed by atoms with E-state index in [1.807, 2.05) is 12.1 Å². The highest BCUT2D eigenvalue weighted by Crippen LogP contribution is 2.49. The van der Waals surface area contributed by atoms with E-state index in [1.165, 1.54) is 56.9 Å². The van der Waals surface area contributed by atoms with E-state index in [0.29, 0.717) is 0 Å². The molecule has 6 aromatic carbocycles. The summed E-state index contributed by atoms with van der Waals surface area (Å²) in [6, 6.07) is 46.2. The highest BCUT2D eigenvalue weighted by molar-refractivity contribution is 6.11. The van der Waals surface area contributed by atoms with Gasteiger partial charge in [-0.25, -0.2) is 4.99 Å². The van der Waals surface area contributed by atoms with E-state index in [0.717, 1.165) is 55.9 Å². The van der Waals surface area contributed by atoms with E-state index < -0.39 is 0 Å². The van der Waals surface area contributed by atoms with Gasteiger partial charge in [-0.15, -0.1) is 0 Å². The van der Waals surface area contributed by atoms with Gasteiger partial charge in [0, 0.05) is 43.9 Å². The van der Waals surface area contributed by atoms with Crippen LogP contribution in [0.3, 0.4) is 0 Å². The first-order valence-corrected chi connectivity index (χ1v) is 19.2. The topological polar surface area (TPSA) is 42.5 Å². The Labute approximate surface area is 315 Å². The number of hydrogen-bond acceptors (Lipinski definition) is 3. The number of para-hydroxylation sites is 2. The molecule has 1 unspecified atom stereocenters. The van der Waals surface area contributed by atoms with E-state index in [9.17, 15) is 0 Å². The largest absolute Gasteiger partial charge is 0.456 e. The molecule has 0 saturated carbocycles. The number of aliphatic imine (C=N–C) groups is 1. The van der Waals surface area contributed by atoms with Crippen molar-refractivity contribution in [2.45, 2.75) is 57.4 Å². The molecule has 0 radical (unpaired) electrons. The molecular weight excluding hydrogens is 659 g/mol. The van der Waals surface area contributed by atoms with Gasteiger partial charge >= 0.3 is 0 Å². The van der Waals surface area contributed by atoms with Crippen LogP contribution in [0, 0.1) is 0 Å². The molecule has 1 aliphatic heterocycles. The molecule has 0 bridgehead atoms. The minimum atomic E-state index is -0.0316. The molecule has 4 heteroatoms. The lowest BCUT2D eigenvalue weighted by Crippen LogP contribution is -2.35. The number of nitrogens with one attached hydrogen (secondary N) is 1. The average Bonchev–Trinajstić information content (AvgIpc) is 3.74. The highest BCUT2D eigenvalue weighted by Gasteiger charge is 2.38. The molecule has 3 aliphatic rings. The molecule has 11 rings (SSSR count). The van der Waals surface area contributed by atoms with Crippen LogP contribution in [0.25, 0.3) is 61.2 Å². The second-order valence-electron chi connectivity index (χ2n) is 16.7. The first-order valence-electron chi connectivity index (χ1n) is 19.2. The quantitative estimate of drug-likeness (QED) is 0.199. The van der Waals surface area contributed by atoms with Crippen molar-refractivity contribution in [3.05, 3.63) is 172 Å². The number of rotatable bonds is 3. The number of nitrogens with zero attached hydrogens (tertiary/aromatic N) is 2. The van der Waals surface area contributed by atoms with Crippen molar-refractivity contribution in [3.8, 4) is 5.69 Å². The monoisotopic (exact) mass is 699 g/mol. The number of hydrogen-bond donors (Lipinski definition) is 1. The van der Waals surface area contributed by atoms with Crippen LogP contribution in [0.2, 0.25) is 0 Å². The van der Waals surface area contributed by atoms with Gasteiger partial charge in [0.1, 0.15) is 17.0 Å². The fourth-order valence-electron chi connectivity index (χ4n) is 9.41. The Bertz CT molecular complexity index is 2960. The molecule has 2 aromatic heterocycles. The smallest absolute Gasteiger partial charge is 0.136 e. The summed E-state index contributed by atoms with van der Waals surface area (Å²) >= 11 is 0. The van der Waals surface area contributed by atoms with Crippen molar-refractivity contribution < 1.29 is 4.42 Å². The summed E-state index contributed by atoms with van der Waals surface area (Å²) in [5, 5.41) is 8.73. The maximum absolute atomic E-state index is 6.34. The molecule has 262 valence electrons. The molecule has 2 aliphatic carbocycles. The molecule has 0 saturated heterocycles. The Balaban J connectivity index is 1.05. The summed E-state index contributed by atoms with van der Waals surface area (Å²) < 4.78 is 8.80. The maximum atomic E-state index is 6.34. The first kappa shape index (κ1) is 31.4. The molecule has 3 heterocycles. The van der Waals surface area contributed by atoms with E-state index in [2.05, 4.69) is 165 Å². The van der Waals surface area contributed by atoms with Crippen molar-refractivity contribution in [1.29, 1.82) is 0 Å². The second-order valence-corrected chi connectivity index (χ2v) is 16.7. The number of fused-ring (bicyclic) bond motifs is 10. The van der Waals surface area contributed by atoms with Crippen molar-refractivity contribution in [1.82, 2.24) is 9.88 Å². The van der Waals surface area contributed by atoms with Gasteiger partial charge in [0.05, 0.1) is 22.8 Å². The summed E-state index contributed by atoms with van der Waals surface area (Å²) in [6.45, 7) is 9.65. The minimum Gasteiger partial charge on any atom is -0.456 e. The van der Waals surface area contributed by atoms with Crippen LogP contribution in [0.5, 0.6) is 0 Å². The van der Waals surface area contributed by atoms with Crippen LogP contribution in [0.15, 0.2) is 148 Å². The Kier molecular flexibility index (Phi) is 6.51. The highest BCUT2D eigenvalue weighted by atomic mass is 16.3. The van der Waals surface area contributed by atoms with Gasteiger partial charge < -0.3 is 14.3 Å². The lowest BCUT2D eigenvalue weighted by atomic mass is 9.63. The number of furan rings is 1. The maximum Gasteiger partial charge on any atom is 0.136 e. The number of amidine groups is 1. The van der Waals surface area contributed by atoms with E-state index in [-0.39, 0.29) is 16.9 Å². The Hall–Kier alpha value is -6.13. The van der Waals surface area contributed by atoms with Crippen LogP contribution in [0.4, 0.5) is 0 Å². The predicted molar refractivity (Wildman–Crippen MR) is 225 cm³/mol. The number of benzene rings is 6. The molecule has 4 nitrogen and oxygen atoms in total. The summed E-state index contributed by atoms with van der Waals surface area (Å²) in [7, 11) is 0. The number of aromatic nitrogens is 1. The molecule has 0 fully saturated rings. The SMILES string of the molecule is CC1(C)CCC(C)(C)c2cc3c(cc21)c1ccccc1n3-c1ccc(C2=NC(c3ccc4c(c3)oc3ccccc34)=C3C=Cc4ccccc4C3N2)cc1. The van der Waals surface area contributed by atoms with Gasteiger partial charge in [0.25, 0.3) is 0 Å². The average molecular weight is 700 g/mol. The Morgan fingerprint density at radius 3 is 2.13 bits per heavy atom.